The van der Waals surface area contributed by atoms with Crippen molar-refractivity contribution in [2.45, 2.75) is 0 Å². The second kappa shape index (κ2) is 5.80. The molecule has 0 fully saturated rings. The van der Waals surface area contributed by atoms with Crippen molar-refractivity contribution in [3.8, 4) is 0 Å². The number of fused-ring (bicyclic) bond motifs is 1. The van der Waals surface area contributed by atoms with Gasteiger partial charge >= 0.3 is 0 Å². The molecule has 3 aromatic rings. The summed E-state index contributed by atoms with van der Waals surface area (Å²) in [5.41, 5.74) is 0.485. The van der Waals surface area contributed by atoms with E-state index in [9.17, 15) is 19.3 Å². The average molecular weight is 311 g/mol. The number of nitro groups is 1. The van der Waals surface area contributed by atoms with Crippen LogP contribution in [0.1, 0.15) is 10.4 Å². The van der Waals surface area contributed by atoms with Gasteiger partial charge in [-0.2, -0.15) is 0 Å². The Hall–Kier alpha value is -3.35. The number of rotatable bonds is 3. The summed E-state index contributed by atoms with van der Waals surface area (Å²) in [5.74, 6) is -1.01. The first-order chi connectivity index (χ1) is 11.1. The van der Waals surface area contributed by atoms with Crippen molar-refractivity contribution in [1.29, 1.82) is 0 Å². The topological polar surface area (TPSA) is 85.1 Å². The first kappa shape index (κ1) is 14.6. The van der Waals surface area contributed by atoms with E-state index in [0.29, 0.717) is 11.1 Å². The minimum atomic E-state index is -0.575. The minimum Gasteiger partial charge on any atom is -0.321 e. The second-order valence-electron chi connectivity index (χ2n) is 4.76. The van der Waals surface area contributed by atoms with Crippen LogP contribution in [0.5, 0.6) is 0 Å². The highest BCUT2D eigenvalue weighted by Gasteiger charge is 2.13. The Morgan fingerprint density at radius 2 is 1.96 bits per heavy atom. The lowest BCUT2D eigenvalue weighted by Gasteiger charge is -2.08. The summed E-state index contributed by atoms with van der Waals surface area (Å²) < 4.78 is 13.7. The van der Waals surface area contributed by atoms with Crippen LogP contribution in [0.2, 0.25) is 0 Å². The summed E-state index contributed by atoms with van der Waals surface area (Å²) in [6.07, 6.45) is 1.38. The number of carbonyl (C=O) groups excluding carboxylic acids is 1. The summed E-state index contributed by atoms with van der Waals surface area (Å²) in [4.78, 5) is 26.4. The Bertz CT molecular complexity index is 927. The zero-order valence-corrected chi connectivity index (χ0v) is 11.7. The van der Waals surface area contributed by atoms with Crippen LogP contribution in [0.3, 0.4) is 0 Å². The van der Waals surface area contributed by atoms with E-state index >= 15 is 0 Å². The Balaban J connectivity index is 1.96. The highest BCUT2D eigenvalue weighted by Crippen LogP contribution is 2.24. The summed E-state index contributed by atoms with van der Waals surface area (Å²) in [6.45, 7) is 0. The molecule has 2 aromatic carbocycles. The van der Waals surface area contributed by atoms with Gasteiger partial charge in [0.1, 0.15) is 11.3 Å². The number of benzene rings is 2. The van der Waals surface area contributed by atoms with Gasteiger partial charge in [0.25, 0.3) is 11.6 Å². The quantitative estimate of drug-likeness (QED) is 0.592. The predicted molar refractivity (Wildman–Crippen MR) is 82.8 cm³/mol. The van der Waals surface area contributed by atoms with Crippen LogP contribution in [0, 0.1) is 15.9 Å². The summed E-state index contributed by atoms with van der Waals surface area (Å²) >= 11 is 0. The Morgan fingerprint density at radius 3 is 2.74 bits per heavy atom. The number of anilines is 1. The smallest absolute Gasteiger partial charge is 0.270 e. The third-order valence-electron chi connectivity index (χ3n) is 3.29. The molecule has 3 rings (SSSR count). The highest BCUT2D eigenvalue weighted by atomic mass is 19.1. The Morgan fingerprint density at radius 1 is 1.17 bits per heavy atom. The van der Waals surface area contributed by atoms with Crippen LogP contribution in [0.15, 0.2) is 54.7 Å². The van der Waals surface area contributed by atoms with Crippen LogP contribution in [0.4, 0.5) is 15.8 Å². The monoisotopic (exact) mass is 311 g/mol. The van der Waals surface area contributed by atoms with Gasteiger partial charge in [-0.3, -0.25) is 19.9 Å². The summed E-state index contributed by atoms with van der Waals surface area (Å²) in [6, 6.07) is 11.3. The Labute approximate surface area is 129 Å². The van der Waals surface area contributed by atoms with E-state index < -0.39 is 16.6 Å². The van der Waals surface area contributed by atoms with Crippen LogP contribution in [0.25, 0.3) is 10.9 Å². The number of para-hydroxylation sites is 1. The van der Waals surface area contributed by atoms with Crippen molar-refractivity contribution >= 4 is 28.2 Å². The van der Waals surface area contributed by atoms with Crippen molar-refractivity contribution in [2.75, 3.05) is 5.32 Å². The third-order valence-corrected chi connectivity index (χ3v) is 3.29. The molecule has 0 radical (unpaired) electrons. The van der Waals surface area contributed by atoms with Gasteiger partial charge in [0.05, 0.1) is 10.6 Å². The van der Waals surface area contributed by atoms with Gasteiger partial charge in [0.15, 0.2) is 0 Å². The van der Waals surface area contributed by atoms with Gasteiger partial charge in [-0.1, -0.05) is 18.2 Å². The van der Waals surface area contributed by atoms with Gasteiger partial charge in [-0.25, -0.2) is 4.39 Å². The van der Waals surface area contributed by atoms with E-state index in [0.717, 1.165) is 0 Å². The van der Waals surface area contributed by atoms with Crippen molar-refractivity contribution in [3.05, 3.63) is 76.2 Å². The van der Waals surface area contributed by atoms with Gasteiger partial charge < -0.3 is 5.32 Å². The van der Waals surface area contributed by atoms with E-state index in [1.807, 2.05) is 0 Å². The lowest BCUT2D eigenvalue weighted by atomic mass is 10.1. The fourth-order valence-electron chi connectivity index (χ4n) is 2.20. The van der Waals surface area contributed by atoms with Crippen LogP contribution in [-0.2, 0) is 0 Å². The standard InChI is InChI=1S/C16H10FN3O3/c17-13-6-2-5-12-14(7-8-18-15(12)13)19-16(21)10-3-1-4-11(9-10)20(22)23/h1-9H,(H,18,19,21). The van der Waals surface area contributed by atoms with E-state index in [1.54, 1.807) is 6.07 Å². The lowest BCUT2D eigenvalue weighted by molar-refractivity contribution is -0.384. The fraction of sp³-hybridized carbons (Fsp3) is 0. The van der Waals surface area contributed by atoms with E-state index in [2.05, 4.69) is 10.3 Å². The molecule has 7 heteroatoms. The molecule has 114 valence electrons. The first-order valence-electron chi connectivity index (χ1n) is 6.65. The zero-order valence-electron chi connectivity index (χ0n) is 11.7. The number of halogens is 1. The third kappa shape index (κ3) is 2.84. The molecule has 0 bridgehead atoms. The maximum Gasteiger partial charge on any atom is 0.270 e. The molecule has 23 heavy (non-hydrogen) atoms. The number of nitro benzene ring substituents is 1. The summed E-state index contributed by atoms with van der Waals surface area (Å²) in [5, 5.41) is 13.8. The maximum absolute atomic E-state index is 13.7. The molecule has 0 saturated heterocycles. The molecule has 1 amide bonds. The molecule has 0 aliphatic carbocycles. The van der Waals surface area contributed by atoms with Crippen molar-refractivity contribution in [1.82, 2.24) is 4.98 Å². The molecule has 6 nitrogen and oxygen atoms in total. The number of hydrogen-bond donors (Lipinski definition) is 1. The highest BCUT2D eigenvalue weighted by molar-refractivity contribution is 6.08. The molecule has 1 heterocycles. The van der Waals surface area contributed by atoms with E-state index in [-0.39, 0.29) is 16.8 Å². The normalized spacial score (nSPS) is 10.5. The number of pyridine rings is 1. The second-order valence-corrected chi connectivity index (χ2v) is 4.76. The van der Waals surface area contributed by atoms with Gasteiger partial charge in [-0.05, 0) is 18.2 Å². The molecule has 0 aliphatic heterocycles. The molecular weight excluding hydrogens is 301 g/mol. The van der Waals surface area contributed by atoms with Gasteiger partial charge in [0, 0.05) is 29.3 Å². The SMILES string of the molecule is O=C(Nc1ccnc2c(F)cccc12)c1cccc([N+](=O)[O-])c1. The van der Waals surface area contributed by atoms with Crippen molar-refractivity contribution < 1.29 is 14.1 Å². The number of carbonyl (C=O) groups is 1. The number of aromatic nitrogens is 1. The molecule has 1 aromatic heterocycles. The van der Waals surface area contributed by atoms with E-state index in [4.69, 9.17) is 0 Å². The van der Waals surface area contributed by atoms with E-state index in [1.165, 1.54) is 48.7 Å². The van der Waals surface area contributed by atoms with Gasteiger partial charge in [-0.15, -0.1) is 0 Å². The maximum atomic E-state index is 13.7. The molecule has 0 unspecified atom stereocenters. The van der Waals surface area contributed by atoms with Crippen LogP contribution in [-0.4, -0.2) is 15.8 Å². The Kier molecular flexibility index (Phi) is 3.68. The average Bonchev–Trinajstić information content (AvgIpc) is 2.56. The predicted octanol–water partition coefficient (Wildman–Crippen LogP) is 3.53. The summed E-state index contributed by atoms with van der Waals surface area (Å²) in [7, 11) is 0. The number of hydrogen-bond acceptors (Lipinski definition) is 4. The number of non-ortho nitro benzene ring substituents is 1. The molecule has 1 N–H and O–H groups in total. The molecular formula is C16H10FN3O3. The molecule has 0 atom stereocenters. The first-order valence-corrected chi connectivity index (χ1v) is 6.65. The largest absolute Gasteiger partial charge is 0.321 e. The zero-order chi connectivity index (χ0) is 16.4. The van der Waals surface area contributed by atoms with Crippen LogP contribution >= 0.6 is 0 Å². The fourth-order valence-corrected chi connectivity index (χ4v) is 2.20. The van der Waals surface area contributed by atoms with Gasteiger partial charge in [0.2, 0.25) is 0 Å². The van der Waals surface area contributed by atoms with Crippen LogP contribution < -0.4 is 5.32 Å². The molecule has 0 aliphatic rings. The number of nitrogens with zero attached hydrogens (tertiary/aromatic N) is 2. The number of amides is 1. The minimum absolute atomic E-state index is 0.139. The van der Waals surface area contributed by atoms with Crippen molar-refractivity contribution in [3.63, 3.8) is 0 Å². The lowest BCUT2D eigenvalue weighted by Crippen LogP contribution is -2.12. The van der Waals surface area contributed by atoms with Crippen molar-refractivity contribution in [2.24, 2.45) is 0 Å². The molecule has 0 saturated carbocycles. The molecule has 0 spiro atoms. The number of nitrogens with one attached hydrogen (secondary N) is 1.